The van der Waals surface area contributed by atoms with Crippen LogP contribution in [-0.4, -0.2) is 9.91 Å². The molecular formula is C10H7BrClN3O2S. The lowest BCUT2D eigenvalue weighted by Crippen LogP contribution is -1.97. The van der Waals surface area contributed by atoms with E-state index in [9.17, 15) is 10.1 Å². The Balaban J connectivity index is 2.02. The van der Waals surface area contributed by atoms with Gasteiger partial charge in [-0.1, -0.05) is 22.9 Å². The van der Waals surface area contributed by atoms with Crippen LogP contribution in [0.1, 0.15) is 4.88 Å². The summed E-state index contributed by atoms with van der Waals surface area (Å²) in [6.45, 7) is 0.508. The molecule has 0 spiro atoms. The fraction of sp³-hybridized carbons (Fsp3) is 0.100. The van der Waals surface area contributed by atoms with Gasteiger partial charge in [0.25, 0.3) is 0 Å². The second kappa shape index (κ2) is 5.64. The second-order valence-electron chi connectivity index (χ2n) is 3.35. The molecule has 0 bridgehead atoms. The quantitative estimate of drug-likeness (QED) is 0.513. The van der Waals surface area contributed by atoms with E-state index in [1.165, 1.54) is 6.07 Å². The van der Waals surface area contributed by atoms with Crippen molar-refractivity contribution in [2.75, 3.05) is 5.32 Å². The van der Waals surface area contributed by atoms with Gasteiger partial charge in [-0.2, -0.15) is 0 Å². The van der Waals surface area contributed by atoms with Crippen LogP contribution >= 0.6 is 38.9 Å². The maximum Gasteiger partial charge on any atom is 0.324 e. The van der Waals surface area contributed by atoms with Gasteiger partial charge in [0.1, 0.15) is 5.15 Å². The summed E-state index contributed by atoms with van der Waals surface area (Å²) in [5.74, 6) is 0. The van der Waals surface area contributed by atoms with Crippen molar-refractivity contribution in [2.24, 2.45) is 0 Å². The molecule has 0 aliphatic rings. The Hall–Kier alpha value is -1.18. The Labute approximate surface area is 120 Å². The zero-order chi connectivity index (χ0) is 13.1. The molecule has 2 heterocycles. The molecule has 2 rings (SSSR count). The number of aromatic nitrogens is 1. The summed E-state index contributed by atoms with van der Waals surface area (Å²) in [7, 11) is 0. The van der Waals surface area contributed by atoms with Gasteiger partial charge < -0.3 is 5.32 Å². The van der Waals surface area contributed by atoms with Crippen LogP contribution in [0, 0.1) is 10.1 Å². The van der Waals surface area contributed by atoms with Crippen LogP contribution in [-0.2, 0) is 6.54 Å². The number of halogens is 2. The van der Waals surface area contributed by atoms with Gasteiger partial charge in [0.2, 0.25) is 0 Å². The molecule has 5 nitrogen and oxygen atoms in total. The Bertz CT molecular complexity index is 590. The number of thiophene rings is 1. The Morgan fingerprint density at radius 3 is 2.94 bits per heavy atom. The van der Waals surface area contributed by atoms with E-state index in [-0.39, 0.29) is 5.00 Å². The molecular weight excluding hydrogens is 342 g/mol. The molecule has 18 heavy (non-hydrogen) atoms. The van der Waals surface area contributed by atoms with Crippen molar-refractivity contribution in [3.05, 3.63) is 49.0 Å². The topological polar surface area (TPSA) is 68.1 Å². The summed E-state index contributed by atoms with van der Waals surface area (Å²) >= 11 is 10.2. The van der Waals surface area contributed by atoms with Crippen LogP contribution in [0.15, 0.2) is 28.9 Å². The highest BCUT2D eigenvalue weighted by molar-refractivity contribution is 9.10. The monoisotopic (exact) mass is 347 g/mol. The normalized spacial score (nSPS) is 10.3. The van der Waals surface area contributed by atoms with E-state index in [0.717, 1.165) is 21.9 Å². The number of nitro groups is 1. The molecule has 0 unspecified atom stereocenters. The van der Waals surface area contributed by atoms with E-state index in [2.05, 4.69) is 26.2 Å². The molecule has 2 aromatic heterocycles. The van der Waals surface area contributed by atoms with Gasteiger partial charge in [0.05, 0.1) is 21.3 Å². The highest BCUT2D eigenvalue weighted by atomic mass is 79.9. The summed E-state index contributed by atoms with van der Waals surface area (Å²) in [5, 5.41) is 14.2. The summed E-state index contributed by atoms with van der Waals surface area (Å²) in [6.07, 6.45) is 1.61. The average Bonchev–Trinajstić information content (AvgIpc) is 2.79. The smallest absolute Gasteiger partial charge is 0.324 e. The number of hydrogen-bond acceptors (Lipinski definition) is 5. The van der Waals surface area contributed by atoms with Gasteiger partial charge in [-0.15, -0.1) is 0 Å². The third-order valence-corrected chi connectivity index (χ3v) is 4.26. The van der Waals surface area contributed by atoms with Crippen molar-refractivity contribution in [2.45, 2.75) is 6.54 Å². The van der Waals surface area contributed by atoms with Crippen LogP contribution in [0.2, 0.25) is 5.15 Å². The van der Waals surface area contributed by atoms with Gasteiger partial charge >= 0.3 is 5.00 Å². The molecule has 0 amide bonds. The van der Waals surface area contributed by atoms with Crippen molar-refractivity contribution in [3.8, 4) is 0 Å². The third-order valence-electron chi connectivity index (χ3n) is 2.09. The van der Waals surface area contributed by atoms with Crippen LogP contribution in [0.25, 0.3) is 0 Å². The van der Waals surface area contributed by atoms with Gasteiger partial charge in [0.15, 0.2) is 0 Å². The standard InChI is InChI=1S/C10H7BrClN3O2S/c11-8-3-6(4-14-10(8)12)13-5-7-1-2-9(18-7)15(16)17/h1-4,13H,5H2. The van der Waals surface area contributed by atoms with E-state index in [1.54, 1.807) is 18.3 Å². The van der Waals surface area contributed by atoms with Crippen molar-refractivity contribution in [1.82, 2.24) is 4.98 Å². The molecule has 0 aliphatic heterocycles. The van der Waals surface area contributed by atoms with Gasteiger partial charge in [-0.3, -0.25) is 10.1 Å². The summed E-state index contributed by atoms with van der Waals surface area (Å²) < 4.78 is 0.700. The predicted molar refractivity (Wildman–Crippen MR) is 75.2 cm³/mol. The molecule has 0 saturated heterocycles. The molecule has 0 fully saturated rings. The highest BCUT2D eigenvalue weighted by Gasteiger charge is 2.09. The first kappa shape index (κ1) is 13.3. The summed E-state index contributed by atoms with van der Waals surface area (Å²) in [4.78, 5) is 15.0. The van der Waals surface area contributed by atoms with Crippen LogP contribution in [0.5, 0.6) is 0 Å². The first-order chi connectivity index (χ1) is 8.56. The summed E-state index contributed by atoms with van der Waals surface area (Å²) in [6, 6.07) is 5.03. The largest absolute Gasteiger partial charge is 0.379 e. The highest BCUT2D eigenvalue weighted by Crippen LogP contribution is 2.26. The minimum atomic E-state index is -0.394. The van der Waals surface area contributed by atoms with E-state index in [1.807, 2.05) is 0 Å². The molecule has 0 aromatic carbocycles. The van der Waals surface area contributed by atoms with Crippen molar-refractivity contribution < 1.29 is 4.92 Å². The van der Waals surface area contributed by atoms with E-state index in [4.69, 9.17) is 11.6 Å². The molecule has 0 saturated carbocycles. The van der Waals surface area contributed by atoms with E-state index in [0.29, 0.717) is 16.2 Å². The molecule has 0 atom stereocenters. The number of nitrogens with zero attached hydrogens (tertiary/aromatic N) is 2. The maximum atomic E-state index is 10.5. The lowest BCUT2D eigenvalue weighted by atomic mass is 10.4. The van der Waals surface area contributed by atoms with Crippen LogP contribution in [0.4, 0.5) is 10.7 Å². The van der Waals surface area contributed by atoms with Crippen molar-refractivity contribution in [3.63, 3.8) is 0 Å². The minimum Gasteiger partial charge on any atom is -0.379 e. The van der Waals surface area contributed by atoms with Gasteiger partial charge in [-0.25, -0.2) is 4.98 Å². The number of rotatable bonds is 4. The fourth-order valence-corrected chi connectivity index (χ4v) is 2.48. The Kier molecular flexibility index (Phi) is 4.15. The molecule has 0 aliphatic carbocycles. The number of hydrogen-bond donors (Lipinski definition) is 1. The minimum absolute atomic E-state index is 0.141. The van der Waals surface area contributed by atoms with E-state index < -0.39 is 4.92 Å². The number of nitrogens with one attached hydrogen (secondary N) is 1. The molecule has 2 aromatic rings. The second-order valence-corrected chi connectivity index (χ2v) is 5.71. The molecule has 1 N–H and O–H groups in total. The average molecular weight is 349 g/mol. The van der Waals surface area contributed by atoms with Gasteiger partial charge in [-0.05, 0) is 28.1 Å². The van der Waals surface area contributed by atoms with Crippen LogP contribution in [0.3, 0.4) is 0 Å². The Morgan fingerprint density at radius 1 is 1.56 bits per heavy atom. The summed E-state index contributed by atoms with van der Waals surface area (Å²) in [5.41, 5.74) is 0.794. The number of anilines is 1. The first-order valence-electron chi connectivity index (χ1n) is 4.84. The number of pyridine rings is 1. The maximum absolute atomic E-state index is 10.5. The lowest BCUT2D eigenvalue weighted by molar-refractivity contribution is -0.380. The third kappa shape index (κ3) is 3.18. The zero-order valence-electron chi connectivity index (χ0n) is 8.89. The van der Waals surface area contributed by atoms with Crippen molar-refractivity contribution >= 4 is 49.6 Å². The predicted octanol–water partition coefficient (Wildman–Crippen LogP) is 4.08. The fourth-order valence-electron chi connectivity index (χ4n) is 1.27. The molecule has 94 valence electrons. The SMILES string of the molecule is O=[N+]([O-])c1ccc(CNc2cnc(Cl)c(Br)c2)s1. The Morgan fingerprint density at radius 2 is 2.33 bits per heavy atom. The molecule has 0 radical (unpaired) electrons. The van der Waals surface area contributed by atoms with Crippen LogP contribution < -0.4 is 5.32 Å². The van der Waals surface area contributed by atoms with Gasteiger partial charge in [0, 0.05) is 17.5 Å². The van der Waals surface area contributed by atoms with Crippen molar-refractivity contribution in [1.29, 1.82) is 0 Å². The lowest BCUT2D eigenvalue weighted by Gasteiger charge is -2.04. The zero-order valence-corrected chi connectivity index (χ0v) is 12.1. The van der Waals surface area contributed by atoms with E-state index >= 15 is 0 Å². The molecule has 8 heteroatoms. The first-order valence-corrected chi connectivity index (χ1v) is 6.83.